The van der Waals surface area contributed by atoms with Crippen molar-refractivity contribution in [3.05, 3.63) is 87.8 Å². The molecule has 0 saturated carbocycles. The number of benzene rings is 1. The highest BCUT2D eigenvalue weighted by Gasteiger charge is 2.37. The highest BCUT2D eigenvalue weighted by Crippen LogP contribution is 2.37. The maximum atomic E-state index is 14.4. The van der Waals surface area contributed by atoms with Gasteiger partial charge < -0.3 is 14.3 Å². The van der Waals surface area contributed by atoms with E-state index in [9.17, 15) is 9.18 Å². The molecule has 0 aliphatic rings. The molecule has 4 rings (SSSR count). The van der Waals surface area contributed by atoms with Crippen LogP contribution in [-0.4, -0.2) is 39.2 Å². The summed E-state index contributed by atoms with van der Waals surface area (Å²) in [7, 11) is -0.189. The highest BCUT2D eigenvalue weighted by atomic mass is 35.5. The van der Waals surface area contributed by atoms with E-state index >= 15 is 0 Å². The van der Waals surface area contributed by atoms with Crippen LogP contribution in [0.1, 0.15) is 38.8 Å². The molecule has 206 valence electrons. The van der Waals surface area contributed by atoms with Crippen molar-refractivity contribution in [2.75, 3.05) is 11.9 Å². The van der Waals surface area contributed by atoms with Gasteiger partial charge in [-0.25, -0.2) is 14.4 Å². The number of hydrogen-bond acceptors (Lipinski definition) is 6. The van der Waals surface area contributed by atoms with Crippen LogP contribution in [0.4, 0.5) is 16.2 Å². The summed E-state index contributed by atoms with van der Waals surface area (Å²) in [5.74, 6) is 0.599. The molecule has 0 amide bonds. The van der Waals surface area contributed by atoms with Crippen LogP contribution in [0.15, 0.2) is 65.8 Å². The molecule has 4 aromatic rings. The molecule has 0 spiro atoms. The molecule has 3 aromatic heterocycles. The van der Waals surface area contributed by atoms with Gasteiger partial charge in [0.25, 0.3) is 5.56 Å². The van der Waals surface area contributed by atoms with Crippen molar-refractivity contribution in [1.29, 1.82) is 0 Å². The summed E-state index contributed by atoms with van der Waals surface area (Å²) in [6.45, 7) is 11.3. The van der Waals surface area contributed by atoms with E-state index in [1.807, 2.05) is 19.2 Å². The smallest absolute Gasteiger partial charge is 0.251 e. The molecule has 1 aromatic carbocycles. The van der Waals surface area contributed by atoms with Gasteiger partial charge in [0.1, 0.15) is 11.6 Å². The monoisotopic (exact) mass is 568 g/mol. The second-order valence-electron chi connectivity index (χ2n) is 11.0. The molecule has 0 bridgehead atoms. The molecule has 0 fully saturated rings. The fourth-order valence-electron chi connectivity index (χ4n) is 3.93. The first-order chi connectivity index (χ1) is 18.4. The van der Waals surface area contributed by atoms with Gasteiger partial charge in [-0.1, -0.05) is 38.4 Å². The molecule has 0 unspecified atom stereocenters. The number of aryl methyl sites for hydroxylation is 1. The summed E-state index contributed by atoms with van der Waals surface area (Å²) in [5, 5.41) is 7.34. The third-order valence-electron chi connectivity index (χ3n) is 7.28. The van der Waals surface area contributed by atoms with E-state index in [1.54, 1.807) is 40.0 Å². The molecular formula is C28H34ClFN6O2Si. The van der Waals surface area contributed by atoms with Gasteiger partial charge in [0.05, 0.1) is 23.0 Å². The fourth-order valence-corrected chi connectivity index (χ4v) is 5.10. The number of halogens is 2. The Morgan fingerprint density at radius 2 is 1.90 bits per heavy atom. The summed E-state index contributed by atoms with van der Waals surface area (Å²) in [5.41, 5.74) is 1.65. The van der Waals surface area contributed by atoms with Crippen molar-refractivity contribution in [1.82, 2.24) is 24.3 Å². The van der Waals surface area contributed by atoms with Crippen LogP contribution < -0.4 is 10.9 Å². The maximum absolute atomic E-state index is 14.4. The van der Waals surface area contributed by atoms with Crippen LogP contribution in [0.3, 0.4) is 0 Å². The zero-order valence-electron chi connectivity index (χ0n) is 23.1. The minimum atomic E-state index is -2.00. The highest BCUT2D eigenvalue weighted by molar-refractivity contribution is 6.74. The van der Waals surface area contributed by atoms with Gasteiger partial charge in [-0.3, -0.25) is 9.48 Å². The Kier molecular flexibility index (Phi) is 8.39. The fraction of sp³-hybridized carbons (Fsp3) is 0.357. The Hall–Kier alpha value is -3.34. The standard InChI is InChI=1S/C28H34ClFN6O2Si/c1-28(2,3)39(5,6)38-16-12-24(20-7-8-21(29)22(30)17-20)36-15-11-19(18-26(36)37)23-9-13-31-27(33-23)34-25-10-14-32-35(25)4/h7-11,13-15,17-18,24H,12,16H2,1-6H3,(H,31,33,34)/t24-/m1/s1. The normalized spacial score (nSPS) is 12.9. The lowest BCUT2D eigenvalue weighted by Gasteiger charge is -2.36. The minimum absolute atomic E-state index is 0.0389. The van der Waals surface area contributed by atoms with Crippen LogP contribution in [0.25, 0.3) is 11.3 Å². The summed E-state index contributed by atoms with van der Waals surface area (Å²) in [6.07, 6.45) is 5.52. The van der Waals surface area contributed by atoms with Crippen molar-refractivity contribution >= 4 is 31.7 Å². The topological polar surface area (TPSA) is 86.9 Å². The molecule has 0 aliphatic heterocycles. The molecule has 11 heteroatoms. The van der Waals surface area contributed by atoms with E-state index in [4.69, 9.17) is 16.0 Å². The Labute approximate surface area is 234 Å². The van der Waals surface area contributed by atoms with E-state index < -0.39 is 20.2 Å². The summed E-state index contributed by atoms with van der Waals surface area (Å²) >= 11 is 5.95. The van der Waals surface area contributed by atoms with Gasteiger partial charge in [-0.05, 0) is 54.4 Å². The van der Waals surface area contributed by atoms with E-state index in [0.29, 0.717) is 35.8 Å². The molecular weight excluding hydrogens is 535 g/mol. The number of aromatic nitrogens is 5. The predicted molar refractivity (Wildman–Crippen MR) is 156 cm³/mol. The van der Waals surface area contributed by atoms with E-state index in [1.165, 1.54) is 18.2 Å². The number of rotatable bonds is 9. The largest absolute Gasteiger partial charge is 0.417 e. The van der Waals surface area contributed by atoms with Crippen molar-refractivity contribution in [2.24, 2.45) is 7.05 Å². The second-order valence-corrected chi connectivity index (χ2v) is 16.2. The third-order valence-corrected chi connectivity index (χ3v) is 12.1. The Balaban J connectivity index is 1.63. The zero-order chi connectivity index (χ0) is 28.4. The first kappa shape index (κ1) is 28.7. The number of pyridine rings is 1. The van der Waals surface area contributed by atoms with E-state index in [0.717, 1.165) is 5.82 Å². The first-order valence-corrected chi connectivity index (χ1v) is 16.0. The minimum Gasteiger partial charge on any atom is -0.417 e. The summed E-state index contributed by atoms with van der Waals surface area (Å²) < 4.78 is 24.1. The molecule has 3 heterocycles. The Morgan fingerprint density at radius 3 is 2.54 bits per heavy atom. The van der Waals surface area contributed by atoms with Crippen LogP contribution in [-0.2, 0) is 11.5 Å². The molecule has 8 nitrogen and oxygen atoms in total. The van der Waals surface area contributed by atoms with Crippen molar-refractivity contribution in [3.8, 4) is 11.3 Å². The number of nitrogens with one attached hydrogen (secondary N) is 1. The van der Waals surface area contributed by atoms with Crippen molar-refractivity contribution in [3.63, 3.8) is 0 Å². The SMILES string of the molecule is Cn1nccc1Nc1nccc(-c2ccn([C@H](CCO[Si](C)(C)C(C)(C)C)c3ccc(Cl)c(F)c3)c(=O)c2)n1. The quantitative estimate of drug-likeness (QED) is 0.230. The molecule has 39 heavy (non-hydrogen) atoms. The number of hydrogen-bond donors (Lipinski definition) is 1. The van der Waals surface area contributed by atoms with Gasteiger partial charge in [0, 0.05) is 43.7 Å². The molecule has 0 saturated heterocycles. The lowest BCUT2D eigenvalue weighted by Crippen LogP contribution is -2.41. The van der Waals surface area contributed by atoms with Gasteiger partial charge in [0.2, 0.25) is 5.95 Å². The lowest BCUT2D eigenvalue weighted by molar-refractivity contribution is 0.263. The molecule has 0 aliphatic carbocycles. The molecule has 1 N–H and O–H groups in total. The number of anilines is 2. The van der Waals surface area contributed by atoms with Crippen LogP contribution >= 0.6 is 11.6 Å². The number of nitrogens with zero attached hydrogens (tertiary/aromatic N) is 5. The van der Waals surface area contributed by atoms with Crippen molar-refractivity contribution in [2.45, 2.75) is 51.4 Å². The van der Waals surface area contributed by atoms with Gasteiger partial charge >= 0.3 is 0 Å². The van der Waals surface area contributed by atoms with E-state index in [2.05, 4.69) is 54.2 Å². The average Bonchev–Trinajstić information content (AvgIpc) is 3.27. The maximum Gasteiger partial charge on any atom is 0.251 e. The first-order valence-electron chi connectivity index (χ1n) is 12.8. The Morgan fingerprint density at radius 1 is 1.13 bits per heavy atom. The van der Waals surface area contributed by atoms with Crippen LogP contribution in [0.2, 0.25) is 23.2 Å². The van der Waals surface area contributed by atoms with Gasteiger partial charge in [-0.15, -0.1) is 0 Å². The van der Waals surface area contributed by atoms with Gasteiger partial charge in [0.15, 0.2) is 8.32 Å². The summed E-state index contributed by atoms with van der Waals surface area (Å²) in [6, 6.07) is 11.1. The molecule has 1 atom stereocenters. The van der Waals surface area contributed by atoms with Crippen LogP contribution in [0, 0.1) is 5.82 Å². The predicted octanol–water partition coefficient (Wildman–Crippen LogP) is 6.58. The van der Waals surface area contributed by atoms with Crippen molar-refractivity contribution < 1.29 is 8.82 Å². The van der Waals surface area contributed by atoms with E-state index in [-0.39, 0.29) is 15.6 Å². The second kappa shape index (κ2) is 11.4. The Bertz CT molecular complexity index is 1510. The van der Waals surface area contributed by atoms with Crippen LogP contribution in [0.5, 0.6) is 0 Å². The average molecular weight is 569 g/mol. The van der Waals surface area contributed by atoms with Gasteiger partial charge in [-0.2, -0.15) is 5.10 Å². The summed E-state index contributed by atoms with van der Waals surface area (Å²) in [4.78, 5) is 22.3. The third kappa shape index (κ3) is 6.63. The molecule has 0 radical (unpaired) electrons. The zero-order valence-corrected chi connectivity index (χ0v) is 24.8. The lowest BCUT2D eigenvalue weighted by atomic mass is 10.0.